The SMILES string of the molecule is C[C-](C)C.[C-]#[N+]CCCC.[CH-]=O.[CH-]=O.[Ru+4]. The van der Waals surface area contributed by atoms with Gasteiger partial charge in [0.05, 0.1) is 0 Å². The number of hydrogen-bond donors (Lipinski definition) is 0. The smallest absolute Gasteiger partial charge is 0.545 e. The van der Waals surface area contributed by atoms with Crippen molar-refractivity contribution in [3.05, 3.63) is 17.3 Å². The molecule has 0 aromatic rings. The third kappa shape index (κ3) is 293. The van der Waals surface area contributed by atoms with E-state index in [9.17, 15) is 0 Å². The summed E-state index contributed by atoms with van der Waals surface area (Å²) in [4.78, 5) is 18.7. The number of carbonyl (C=O) groups excluding carboxylic acids is 2. The van der Waals surface area contributed by atoms with Crippen LogP contribution in [0.15, 0.2) is 0 Å². The monoisotopic (exact) mass is 300 g/mol. The van der Waals surface area contributed by atoms with Crippen LogP contribution in [0.1, 0.15) is 40.5 Å². The van der Waals surface area contributed by atoms with Crippen LogP contribution in [-0.4, -0.2) is 20.1 Å². The minimum absolute atomic E-state index is 0. The Labute approximate surface area is 107 Å². The summed E-state index contributed by atoms with van der Waals surface area (Å²) in [5, 5.41) is 0. The van der Waals surface area contributed by atoms with E-state index in [0.29, 0.717) is 6.54 Å². The minimum Gasteiger partial charge on any atom is -0.545 e. The molecule has 0 spiro atoms. The maximum absolute atomic E-state index is 7.75. The second kappa shape index (κ2) is 50.1. The zero-order valence-electron chi connectivity index (χ0n) is 9.89. The molecule has 0 aromatic heterocycles. The summed E-state index contributed by atoms with van der Waals surface area (Å²) in [6, 6.07) is 0. The van der Waals surface area contributed by atoms with Gasteiger partial charge in [-0.1, -0.05) is 6.92 Å². The van der Waals surface area contributed by atoms with Gasteiger partial charge in [-0.3, -0.25) is 13.6 Å². The second-order valence-electron chi connectivity index (χ2n) is 2.74. The number of hydrogen-bond acceptors (Lipinski definition) is 2. The fourth-order valence-electron chi connectivity index (χ4n) is 0.237. The molecule has 0 unspecified atom stereocenters. The summed E-state index contributed by atoms with van der Waals surface area (Å²) in [6.07, 6.45) is 2.20. The van der Waals surface area contributed by atoms with Gasteiger partial charge in [-0.05, 0) is 6.42 Å². The van der Waals surface area contributed by atoms with Gasteiger partial charge in [0.15, 0.2) is 0 Å². The van der Waals surface area contributed by atoms with Crippen molar-refractivity contribution in [3.63, 3.8) is 0 Å². The Bertz CT molecular complexity index is 109. The van der Waals surface area contributed by atoms with Gasteiger partial charge in [0.1, 0.15) is 0 Å². The fraction of sp³-hybridized carbons (Fsp3) is 0.636. The predicted octanol–water partition coefficient (Wildman–Crippen LogP) is 2.78. The summed E-state index contributed by atoms with van der Waals surface area (Å²) in [7, 11) is 0. The molecule has 4 heteroatoms. The molecule has 88 valence electrons. The largest absolute Gasteiger partial charge is 4.00 e. The zero-order chi connectivity index (χ0) is 12.4. The fourth-order valence-corrected chi connectivity index (χ4v) is 0.237. The van der Waals surface area contributed by atoms with E-state index < -0.39 is 0 Å². The van der Waals surface area contributed by atoms with Gasteiger partial charge < -0.3 is 20.4 Å². The molecule has 0 aliphatic carbocycles. The molecule has 0 N–H and O–H groups in total. The Morgan fingerprint density at radius 1 is 1.13 bits per heavy atom. The average molecular weight is 299 g/mol. The number of rotatable bonds is 2. The van der Waals surface area contributed by atoms with Crippen molar-refractivity contribution in [3.8, 4) is 0 Å². The summed E-state index contributed by atoms with van der Waals surface area (Å²) >= 11 is 0. The molecular weight excluding hydrogens is 279 g/mol. The quantitative estimate of drug-likeness (QED) is 0.340. The maximum Gasteiger partial charge on any atom is 4.00 e. The van der Waals surface area contributed by atoms with E-state index in [0.717, 1.165) is 12.8 Å². The standard InChI is InChI=1S/C5H9N.C4H9.2CHO.Ru/c1-3-4-5-6-2;1-4(2)3;2*1-2;/h3-5H2,1H3;1-3H3;2*1H;/q;3*-1;+4. The van der Waals surface area contributed by atoms with Gasteiger partial charge in [-0.2, -0.15) is 20.8 Å². The van der Waals surface area contributed by atoms with Gasteiger partial charge in [-0.15, -0.1) is 0 Å². The molecule has 0 aromatic carbocycles. The first kappa shape index (κ1) is 29.3. The van der Waals surface area contributed by atoms with Crippen molar-refractivity contribution in [2.75, 3.05) is 6.54 Å². The summed E-state index contributed by atoms with van der Waals surface area (Å²) in [6.45, 7) is 21.9. The van der Waals surface area contributed by atoms with E-state index in [2.05, 4.69) is 46.1 Å². The molecule has 0 aliphatic rings. The van der Waals surface area contributed by atoms with Gasteiger partial charge >= 0.3 is 19.5 Å². The molecule has 0 amide bonds. The van der Waals surface area contributed by atoms with Crippen LogP contribution in [0, 0.1) is 12.5 Å². The number of unbranched alkanes of at least 4 members (excludes halogenated alkanes) is 1. The first-order valence-electron chi connectivity index (χ1n) is 4.22. The first-order chi connectivity index (χ1) is 6.65. The van der Waals surface area contributed by atoms with Gasteiger partial charge in [-0.25, -0.2) is 6.57 Å². The van der Waals surface area contributed by atoms with Crippen LogP contribution in [0.2, 0.25) is 0 Å². The molecule has 0 saturated heterocycles. The van der Waals surface area contributed by atoms with E-state index >= 15 is 0 Å². The van der Waals surface area contributed by atoms with E-state index in [1.807, 2.05) is 0 Å². The minimum atomic E-state index is 0. The van der Waals surface area contributed by atoms with Crippen LogP contribution in [-0.2, 0) is 29.1 Å². The maximum atomic E-state index is 7.75. The Morgan fingerprint density at radius 3 is 1.47 bits per heavy atom. The Kier molecular flexibility index (Phi) is 97.8. The van der Waals surface area contributed by atoms with Gasteiger partial charge in [0.25, 0.3) is 0 Å². The predicted molar refractivity (Wildman–Crippen MR) is 60.1 cm³/mol. The summed E-state index contributed by atoms with van der Waals surface area (Å²) in [5.41, 5.74) is 0. The molecule has 3 nitrogen and oxygen atoms in total. The van der Waals surface area contributed by atoms with Crippen molar-refractivity contribution in [2.45, 2.75) is 40.5 Å². The van der Waals surface area contributed by atoms with Crippen LogP contribution in [0.3, 0.4) is 0 Å². The van der Waals surface area contributed by atoms with E-state index in [1.165, 1.54) is 5.92 Å². The number of nitrogens with zero attached hydrogens (tertiary/aromatic N) is 1. The Morgan fingerprint density at radius 2 is 1.40 bits per heavy atom. The Hall–Kier alpha value is -0.547. The molecule has 15 heavy (non-hydrogen) atoms. The van der Waals surface area contributed by atoms with Crippen molar-refractivity contribution in [1.29, 1.82) is 0 Å². The van der Waals surface area contributed by atoms with Crippen molar-refractivity contribution >= 4 is 13.6 Å². The van der Waals surface area contributed by atoms with E-state index in [1.54, 1.807) is 0 Å². The molecule has 0 atom stereocenters. The summed E-state index contributed by atoms with van der Waals surface area (Å²) < 4.78 is 0. The van der Waals surface area contributed by atoms with Gasteiger partial charge in [0, 0.05) is 6.42 Å². The molecule has 0 radical (unpaired) electrons. The van der Waals surface area contributed by atoms with Crippen LogP contribution in [0.4, 0.5) is 0 Å². The first-order valence-corrected chi connectivity index (χ1v) is 4.22. The Balaban J connectivity index is -0.0000000327. The zero-order valence-corrected chi connectivity index (χ0v) is 11.6. The summed E-state index contributed by atoms with van der Waals surface area (Å²) in [5.74, 6) is 1.42. The van der Waals surface area contributed by atoms with Gasteiger partial charge in [0.2, 0.25) is 6.54 Å². The molecule has 0 rings (SSSR count). The molecule has 0 saturated carbocycles. The third-order valence-electron chi connectivity index (χ3n) is 0.623. The van der Waals surface area contributed by atoms with Crippen LogP contribution >= 0.6 is 0 Å². The van der Waals surface area contributed by atoms with Crippen molar-refractivity contribution < 1.29 is 29.1 Å². The van der Waals surface area contributed by atoms with Crippen molar-refractivity contribution in [1.82, 2.24) is 0 Å². The normalized spacial score (nSPS) is 5.87. The van der Waals surface area contributed by atoms with Crippen LogP contribution in [0.25, 0.3) is 4.85 Å². The molecular formula is C11H20NO2Ru+. The second-order valence-corrected chi connectivity index (χ2v) is 2.74. The van der Waals surface area contributed by atoms with Crippen LogP contribution < -0.4 is 0 Å². The average Bonchev–Trinajstić information content (AvgIpc) is 2.20. The van der Waals surface area contributed by atoms with E-state index in [-0.39, 0.29) is 19.5 Å². The molecule has 0 fully saturated rings. The van der Waals surface area contributed by atoms with Crippen molar-refractivity contribution in [2.24, 2.45) is 0 Å². The topological polar surface area (TPSA) is 38.5 Å². The molecule has 0 bridgehead atoms. The third-order valence-corrected chi connectivity index (χ3v) is 0.623. The van der Waals surface area contributed by atoms with E-state index in [4.69, 9.17) is 16.2 Å². The molecule has 0 heterocycles. The molecule has 0 aliphatic heterocycles. The van der Waals surface area contributed by atoms with Crippen LogP contribution in [0.5, 0.6) is 0 Å².